The number of alkyl halides is 3. The van der Waals surface area contributed by atoms with Gasteiger partial charge in [0.2, 0.25) is 0 Å². The van der Waals surface area contributed by atoms with Gasteiger partial charge in [-0.25, -0.2) is 0 Å². The molecule has 0 aromatic heterocycles. The van der Waals surface area contributed by atoms with E-state index in [2.05, 4.69) is 29.6 Å². The van der Waals surface area contributed by atoms with Crippen LogP contribution in [-0.2, 0) is 35.2 Å². The molecule has 2 rings (SSSR count). The van der Waals surface area contributed by atoms with Gasteiger partial charge in [-0.3, -0.25) is 4.79 Å². The van der Waals surface area contributed by atoms with E-state index in [1.807, 2.05) is 0 Å². The van der Waals surface area contributed by atoms with Crippen LogP contribution in [0.3, 0.4) is 0 Å². The van der Waals surface area contributed by atoms with E-state index in [1.165, 1.54) is 75.1 Å². The number of unbranched alkanes of at least 4 members (excludes halogenated alkanes) is 8. The molecule has 0 spiro atoms. The van der Waals surface area contributed by atoms with E-state index in [0.717, 1.165) is 37.0 Å². The van der Waals surface area contributed by atoms with E-state index in [-0.39, 0.29) is 5.97 Å². The van der Waals surface area contributed by atoms with Crippen molar-refractivity contribution in [3.05, 3.63) is 70.8 Å². The first-order chi connectivity index (χ1) is 16.3. The number of hydrogen-bond donors (Lipinski definition) is 1. The molecular weight excluding hydrogens is 439 g/mol. The molecule has 0 bridgehead atoms. The van der Waals surface area contributed by atoms with Crippen LogP contribution in [-0.4, -0.2) is 12.6 Å². The molecular formula is C28H38F3NO2. The molecule has 34 heavy (non-hydrogen) atoms. The zero-order chi connectivity index (χ0) is 24.7. The molecule has 0 heterocycles. The van der Waals surface area contributed by atoms with E-state index < -0.39 is 11.7 Å². The molecule has 0 aliphatic carbocycles. The summed E-state index contributed by atoms with van der Waals surface area (Å²) < 4.78 is 42.8. The monoisotopic (exact) mass is 477 g/mol. The fourth-order valence-electron chi connectivity index (χ4n) is 3.87. The van der Waals surface area contributed by atoms with Gasteiger partial charge in [-0.15, -0.1) is 0 Å². The predicted octanol–water partition coefficient (Wildman–Crippen LogP) is 7.61. The fraction of sp³-hybridized carbons (Fsp3) is 0.536. The lowest BCUT2D eigenvalue weighted by atomic mass is 10.0. The zero-order valence-electron chi connectivity index (χ0n) is 20.3. The van der Waals surface area contributed by atoms with Crippen molar-refractivity contribution < 1.29 is 22.7 Å². The molecule has 188 valence electrons. The Labute approximate surface area is 202 Å². The third-order valence-electron chi connectivity index (χ3n) is 5.88. The number of ether oxygens (including phenoxy) is 1. The minimum atomic E-state index is -4.29. The molecule has 0 amide bonds. The van der Waals surface area contributed by atoms with Crippen molar-refractivity contribution in [2.24, 2.45) is 0 Å². The molecule has 2 aromatic rings. The maximum atomic E-state index is 12.6. The van der Waals surface area contributed by atoms with Crippen LogP contribution >= 0.6 is 0 Å². The quantitative estimate of drug-likeness (QED) is 0.200. The Bertz CT molecular complexity index is 817. The summed E-state index contributed by atoms with van der Waals surface area (Å²) in [6, 6.07) is 13.9. The largest absolute Gasteiger partial charge is 0.466 e. The maximum Gasteiger partial charge on any atom is 0.416 e. The van der Waals surface area contributed by atoms with Crippen LogP contribution in [0.25, 0.3) is 0 Å². The average Bonchev–Trinajstić information content (AvgIpc) is 2.80. The SMILES string of the molecule is CC(=O)OCCCCCCCCCCCc1ccc(CNCc2ccc(C(F)(F)F)cc2)cc1. The van der Waals surface area contributed by atoms with E-state index in [9.17, 15) is 18.0 Å². The van der Waals surface area contributed by atoms with Gasteiger partial charge in [-0.05, 0) is 48.1 Å². The first-order valence-corrected chi connectivity index (χ1v) is 12.4. The Morgan fingerprint density at radius 1 is 0.706 bits per heavy atom. The second-order valence-electron chi connectivity index (χ2n) is 8.89. The molecule has 0 unspecified atom stereocenters. The summed E-state index contributed by atoms with van der Waals surface area (Å²) in [5.74, 6) is -0.192. The molecule has 0 saturated carbocycles. The molecule has 0 fully saturated rings. The first-order valence-electron chi connectivity index (χ1n) is 12.4. The minimum Gasteiger partial charge on any atom is -0.466 e. The molecule has 6 heteroatoms. The van der Waals surface area contributed by atoms with Crippen LogP contribution in [0.1, 0.15) is 87.0 Å². The van der Waals surface area contributed by atoms with Crippen molar-refractivity contribution in [1.82, 2.24) is 5.32 Å². The van der Waals surface area contributed by atoms with Gasteiger partial charge in [-0.2, -0.15) is 13.2 Å². The number of halogens is 3. The van der Waals surface area contributed by atoms with Crippen molar-refractivity contribution in [3.8, 4) is 0 Å². The lowest BCUT2D eigenvalue weighted by Gasteiger charge is -2.09. The van der Waals surface area contributed by atoms with Gasteiger partial charge in [0.25, 0.3) is 0 Å². The summed E-state index contributed by atoms with van der Waals surface area (Å²) in [5.41, 5.74) is 2.74. The summed E-state index contributed by atoms with van der Waals surface area (Å²) in [4.78, 5) is 10.7. The third kappa shape index (κ3) is 12.2. The van der Waals surface area contributed by atoms with Gasteiger partial charge in [-0.1, -0.05) is 81.3 Å². The van der Waals surface area contributed by atoms with E-state index in [4.69, 9.17) is 4.74 Å². The highest BCUT2D eigenvalue weighted by Gasteiger charge is 2.29. The Morgan fingerprint density at radius 2 is 1.15 bits per heavy atom. The lowest BCUT2D eigenvalue weighted by Crippen LogP contribution is -2.13. The van der Waals surface area contributed by atoms with Gasteiger partial charge >= 0.3 is 12.1 Å². The Kier molecular flexibility index (Phi) is 12.8. The first kappa shape index (κ1) is 27.9. The van der Waals surface area contributed by atoms with Crippen molar-refractivity contribution in [3.63, 3.8) is 0 Å². The Hall–Kier alpha value is -2.34. The summed E-state index contributed by atoms with van der Waals surface area (Å²) in [5, 5.41) is 3.29. The molecule has 0 saturated heterocycles. The maximum absolute atomic E-state index is 12.6. The van der Waals surface area contributed by atoms with Crippen LogP contribution in [0.4, 0.5) is 13.2 Å². The van der Waals surface area contributed by atoms with Crippen LogP contribution in [0.15, 0.2) is 48.5 Å². The van der Waals surface area contributed by atoms with Gasteiger partial charge in [0.15, 0.2) is 0 Å². The summed E-state index contributed by atoms with van der Waals surface area (Å²) in [6.07, 6.45) is 7.67. The molecule has 0 aliphatic heterocycles. The van der Waals surface area contributed by atoms with Crippen molar-refractivity contribution in [2.45, 2.75) is 90.4 Å². The molecule has 1 N–H and O–H groups in total. The summed E-state index contributed by atoms with van der Waals surface area (Å²) in [6.45, 7) is 3.22. The zero-order valence-corrected chi connectivity index (χ0v) is 20.3. The van der Waals surface area contributed by atoms with Crippen LogP contribution in [0, 0.1) is 0 Å². The van der Waals surface area contributed by atoms with Crippen LogP contribution < -0.4 is 5.32 Å². The topological polar surface area (TPSA) is 38.3 Å². The predicted molar refractivity (Wildman–Crippen MR) is 130 cm³/mol. The smallest absolute Gasteiger partial charge is 0.416 e. The van der Waals surface area contributed by atoms with Gasteiger partial charge in [0, 0.05) is 20.0 Å². The van der Waals surface area contributed by atoms with Crippen molar-refractivity contribution in [2.75, 3.05) is 6.61 Å². The molecule has 0 atom stereocenters. The minimum absolute atomic E-state index is 0.192. The fourth-order valence-corrected chi connectivity index (χ4v) is 3.87. The summed E-state index contributed by atoms with van der Waals surface area (Å²) in [7, 11) is 0. The molecule has 0 aliphatic rings. The second-order valence-corrected chi connectivity index (χ2v) is 8.89. The number of rotatable bonds is 16. The van der Waals surface area contributed by atoms with E-state index >= 15 is 0 Å². The highest BCUT2D eigenvalue weighted by molar-refractivity contribution is 5.65. The second kappa shape index (κ2) is 15.5. The number of carbonyl (C=O) groups is 1. The van der Waals surface area contributed by atoms with Crippen molar-refractivity contribution in [1.29, 1.82) is 0 Å². The summed E-state index contributed by atoms with van der Waals surface area (Å²) >= 11 is 0. The van der Waals surface area contributed by atoms with Gasteiger partial charge in [0.05, 0.1) is 12.2 Å². The third-order valence-corrected chi connectivity index (χ3v) is 5.88. The van der Waals surface area contributed by atoms with Crippen molar-refractivity contribution >= 4 is 5.97 Å². The highest BCUT2D eigenvalue weighted by atomic mass is 19.4. The number of esters is 1. The van der Waals surface area contributed by atoms with E-state index in [1.54, 1.807) is 0 Å². The molecule has 0 radical (unpaired) electrons. The number of benzene rings is 2. The number of nitrogens with one attached hydrogen (secondary N) is 1. The number of hydrogen-bond acceptors (Lipinski definition) is 3. The van der Waals surface area contributed by atoms with Gasteiger partial charge in [0.1, 0.15) is 0 Å². The number of aryl methyl sites for hydroxylation is 1. The number of carbonyl (C=O) groups excluding carboxylic acids is 1. The molecule has 2 aromatic carbocycles. The standard InChI is InChI=1S/C28H38F3NO2/c1-23(33)34-20-10-8-6-4-2-3-5-7-9-11-24-12-14-25(15-13-24)21-32-22-26-16-18-27(19-17-26)28(29,30)31/h12-19,32H,2-11,20-22H2,1H3. The normalized spacial score (nSPS) is 11.5. The van der Waals surface area contributed by atoms with Gasteiger partial charge < -0.3 is 10.1 Å². The van der Waals surface area contributed by atoms with Crippen LogP contribution in [0.5, 0.6) is 0 Å². The van der Waals surface area contributed by atoms with E-state index in [0.29, 0.717) is 19.7 Å². The Morgan fingerprint density at radius 3 is 1.65 bits per heavy atom. The Balaban J connectivity index is 1.49. The van der Waals surface area contributed by atoms with Crippen LogP contribution in [0.2, 0.25) is 0 Å². The lowest BCUT2D eigenvalue weighted by molar-refractivity contribution is -0.141. The average molecular weight is 478 g/mol. The molecule has 3 nitrogen and oxygen atoms in total. The highest BCUT2D eigenvalue weighted by Crippen LogP contribution is 2.29.